The van der Waals surface area contributed by atoms with Gasteiger partial charge in [-0.05, 0) is 24.3 Å². The number of halogens is 4. The summed E-state index contributed by atoms with van der Waals surface area (Å²) in [6, 6.07) is 12.6. The largest absolute Gasteiger partial charge is 0.445 e. The van der Waals surface area contributed by atoms with Gasteiger partial charge in [-0.1, -0.05) is 35.1 Å². The Bertz CT molecular complexity index is 1590. The van der Waals surface area contributed by atoms with E-state index in [2.05, 4.69) is 25.6 Å². The Morgan fingerprint density at radius 2 is 1.78 bits per heavy atom. The number of hydrogen-bond acceptors (Lipinski definition) is 9. The molecule has 0 radical (unpaired) electrons. The average molecular weight is 550 g/mol. The molecule has 3 heterocycles. The molecule has 5 aromatic rings. The number of imidazole rings is 1. The van der Waals surface area contributed by atoms with Gasteiger partial charge >= 0.3 is 6.18 Å². The van der Waals surface area contributed by atoms with Gasteiger partial charge in [0.15, 0.2) is 0 Å². The Morgan fingerprint density at radius 3 is 2.44 bits per heavy atom. The number of anilines is 1. The van der Waals surface area contributed by atoms with E-state index in [1.54, 1.807) is 41.8 Å². The maximum Gasteiger partial charge on any atom is 0.445 e. The summed E-state index contributed by atoms with van der Waals surface area (Å²) >= 11 is 7.62. The van der Waals surface area contributed by atoms with Gasteiger partial charge in [0.05, 0.1) is 16.8 Å². The SMILES string of the molecule is O=[N+]([O-])c1ccc(-c2csc(N/N=C/c3c(-c4ccc(Cl)cc4)nc4sc(C(F)(F)F)nn34)n2)cc1. The van der Waals surface area contributed by atoms with Crippen molar-refractivity contribution in [3.05, 3.63) is 79.7 Å². The second kappa shape index (κ2) is 9.29. The van der Waals surface area contributed by atoms with Crippen molar-refractivity contribution in [2.45, 2.75) is 6.18 Å². The standard InChI is InChI=1S/C21H11ClF3N7O2S2/c22-13-5-1-12(2-6-13)17-16(31-20(28-17)36-18(30-31)21(23,24)25)9-26-29-19-27-15(10-35-19)11-3-7-14(8-4-11)32(33)34/h1-10H,(H,27,29)/b26-9+. The number of benzene rings is 2. The highest BCUT2D eigenvalue weighted by Gasteiger charge is 2.36. The van der Waals surface area contributed by atoms with Gasteiger partial charge in [0.1, 0.15) is 11.4 Å². The molecule has 2 aromatic carbocycles. The van der Waals surface area contributed by atoms with Crippen LogP contribution < -0.4 is 5.43 Å². The number of fused-ring (bicyclic) bond motifs is 1. The number of rotatable bonds is 6. The maximum atomic E-state index is 13.2. The predicted molar refractivity (Wildman–Crippen MR) is 132 cm³/mol. The molecule has 5 rings (SSSR count). The van der Waals surface area contributed by atoms with E-state index in [-0.39, 0.29) is 16.3 Å². The number of nitro benzene ring substituents is 1. The third-order valence-corrected chi connectivity index (χ3v) is 6.78. The zero-order valence-corrected chi connectivity index (χ0v) is 20.0. The van der Waals surface area contributed by atoms with Gasteiger partial charge in [0.2, 0.25) is 15.1 Å². The fraction of sp³-hybridized carbons (Fsp3) is 0.0476. The molecule has 36 heavy (non-hydrogen) atoms. The molecule has 15 heteroatoms. The molecule has 0 amide bonds. The second-order valence-electron chi connectivity index (χ2n) is 7.16. The number of alkyl halides is 3. The lowest BCUT2D eigenvalue weighted by molar-refractivity contribution is -0.384. The topological polar surface area (TPSA) is 111 Å². The van der Waals surface area contributed by atoms with Gasteiger partial charge < -0.3 is 0 Å². The van der Waals surface area contributed by atoms with Crippen LogP contribution in [0.3, 0.4) is 0 Å². The lowest BCUT2D eigenvalue weighted by atomic mass is 10.1. The lowest BCUT2D eigenvalue weighted by Gasteiger charge is -2.01. The molecule has 3 aromatic heterocycles. The average Bonchev–Trinajstić information content (AvgIpc) is 3.55. The van der Waals surface area contributed by atoms with Gasteiger partial charge in [-0.3, -0.25) is 15.5 Å². The van der Waals surface area contributed by atoms with Crippen molar-refractivity contribution in [3.63, 3.8) is 0 Å². The minimum atomic E-state index is -4.60. The van der Waals surface area contributed by atoms with Crippen LogP contribution in [0.1, 0.15) is 10.7 Å². The number of non-ortho nitro benzene ring substituents is 1. The van der Waals surface area contributed by atoms with Crippen molar-refractivity contribution in [2.24, 2.45) is 5.10 Å². The van der Waals surface area contributed by atoms with Gasteiger partial charge in [-0.25, -0.2) is 14.5 Å². The first-order chi connectivity index (χ1) is 17.2. The highest BCUT2D eigenvalue weighted by atomic mass is 35.5. The van der Waals surface area contributed by atoms with E-state index >= 15 is 0 Å². The minimum Gasteiger partial charge on any atom is -0.258 e. The summed E-state index contributed by atoms with van der Waals surface area (Å²) in [5.41, 5.74) is 5.23. The van der Waals surface area contributed by atoms with Crippen molar-refractivity contribution in [3.8, 4) is 22.5 Å². The van der Waals surface area contributed by atoms with Gasteiger partial charge in [0, 0.05) is 33.7 Å². The predicted octanol–water partition coefficient (Wildman–Crippen LogP) is 6.61. The number of hydrogen-bond donors (Lipinski definition) is 1. The van der Waals surface area contributed by atoms with Crippen LogP contribution in [-0.2, 0) is 6.18 Å². The van der Waals surface area contributed by atoms with Crippen molar-refractivity contribution in [2.75, 3.05) is 5.43 Å². The molecule has 0 bridgehead atoms. The first-order valence-electron chi connectivity index (χ1n) is 9.91. The van der Waals surface area contributed by atoms with Crippen LogP contribution in [-0.4, -0.2) is 30.7 Å². The molecule has 0 fully saturated rings. The van der Waals surface area contributed by atoms with E-state index in [0.717, 1.165) is 4.52 Å². The molecular formula is C21H11ClF3N7O2S2. The zero-order chi connectivity index (χ0) is 25.4. The summed E-state index contributed by atoms with van der Waals surface area (Å²) in [6.07, 6.45) is -3.29. The minimum absolute atomic E-state index is 0.0312. The van der Waals surface area contributed by atoms with E-state index in [9.17, 15) is 23.3 Å². The van der Waals surface area contributed by atoms with Crippen LogP contribution in [0.2, 0.25) is 5.02 Å². The third-order valence-electron chi connectivity index (χ3n) is 4.82. The molecule has 9 nitrogen and oxygen atoms in total. The summed E-state index contributed by atoms with van der Waals surface area (Å²) in [5, 5.41) is 20.3. The maximum absolute atomic E-state index is 13.2. The molecule has 0 aliphatic rings. The molecule has 0 atom stereocenters. The number of aromatic nitrogens is 4. The first kappa shape index (κ1) is 23.8. The number of thiazole rings is 1. The molecule has 1 N–H and O–H groups in total. The Morgan fingerprint density at radius 1 is 1.08 bits per heavy atom. The summed E-state index contributed by atoms with van der Waals surface area (Å²) in [6.45, 7) is 0. The molecule has 0 aliphatic carbocycles. The van der Waals surface area contributed by atoms with E-state index in [4.69, 9.17) is 11.6 Å². The molecule has 0 saturated carbocycles. The zero-order valence-electron chi connectivity index (χ0n) is 17.6. The lowest BCUT2D eigenvalue weighted by Crippen LogP contribution is -2.06. The van der Waals surface area contributed by atoms with Crippen LogP contribution in [0.25, 0.3) is 27.5 Å². The van der Waals surface area contributed by atoms with Crippen LogP contribution >= 0.6 is 34.3 Å². The summed E-state index contributed by atoms with van der Waals surface area (Å²) in [7, 11) is 0. The molecule has 182 valence electrons. The van der Waals surface area contributed by atoms with Crippen LogP contribution in [0.15, 0.2) is 59.0 Å². The van der Waals surface area contributed by atoms with Crippen LogP contribution in [0, 0.1) is 10.1 Å². The summed E-state index contributed by atoms with van der Waals surface area (Å²) < 4.78 is 40.6. The van der Waals surface area contributed by atoms with Crippen molar-refractivity contribution in [1.82, 2.24) is 19.6 Å². The monoisotopic (exact) mass is 549 g/mol. The van der Waals surface area contributed by atoms with E-state index in [0.29, 0.717) is 44.0 Å². The highest BCUT2D eigenvalue weighted by Crippen LogP contribution is 2.35. The Balaban J connectivity index is 1.43. The van der Waals surface area contributed by atoms with Gasteiger partial charge in [-0.2, -0.15) is 18.3 Å². The summed E-state index contributed by atoms with van der Waals surface area (Å²) in [5.74, 6) is 0. The number of nitrogens with zero attached hydrogens (tertiary/aromatic N) is 6. The van der Waals surface area contributed by atoms with Crippen molar-refractivity contribution < 1.29 is 18.1 Å². The molecule has 0 spiro atoms. The Hall–Kier alpha value is -3.88. The molecule has 0 unspecified atom stereocenters. The van der Waals surface area contributed by atoms with E-state index in [1.165, 1.54) is 29.7 Å². The number of nitro groups is 1. The van der Waals surface area contributed by atoms with Crippen LogP contribution in [0.5, 0.6) is 0 Å². The number of hydrazone groups is 1. The van der Waals surface area contributed by atoms with Crippen LogP contribution in [0.4, 0.5) is 24.0 Å². The second-order valence-corrected chi connectivity index (χ2v) is 9.41. The number of nitrogens with one attached hydrogen (secondary N) is 1. The van der Waals surface area contributed by atoms with E-state index in [1.807, 2.05) is 0 Å². The first-order valence-corrected chi connectivity index (χ1v) is 12.0. The normalized spacial score (nSPS) is 12.0. The Labute approximate surface area is 212 Å². The Kier molecular flexibility index (Phi) is 6.15. The van der Waals surface area contributed by atoms with Gasteiger partial charge in [-0.15, -0.1) is 16.4 Å². The third kappa shape index (κ3) is 4.78. The van der Waals surface area contributed by atoms with Crippen molar-refractivity contribution >= 4 is 56.3 Å². The van der Waals surface area contributed by atoms with Crippen molar-refractivity contribution in [1.29, 1.82) is 0 Å². The smallest absolute Gasteiger partial charge is 0.258 e. The summed E-state index contributed by atoms with van der Waals surface area (Å²) in [4.78, 5) is 19.1. The molecule has 0 aliphatic heterocycles. The molecular weight excluding hydrogens is 539 g/mol. The van der Waals surface area contributed by atoms with Gasteiger partial charge in [0.25, 0.3) is 5.69 Å². The highest BCUT2D eigenvalue weighted by molar-refractivity contribution is 7.16. The molecule has 0 saturated heterocycles. The van der Waals surface area contributed by atoms with E-state index < -0.39 is 16.1 Å². The fourth-order valence-corrected chi connectivity index (χ4v) is 4.74. The quantitative estimate of drug-likeness (QED) is 0.145. The fourth-order valence-electron chi connectivity index (χ4n) is 3.17.